The Morgan fingerprint density at radius 1 is 0.942 bits per heavy atom. The fraction of sp³-hybridized carbons (Fsp3) is 0.848. The summed E-state index contributed by atoms with van der Waals surface area (Å²) >= 11 is 0. The Kier molecular flexibility index (Phi) is 21.9. The van der Waals surface area contributed by atoms with E-state index in [0.29, 0.717) is 12.0 Å². The van der Waals surface area contributed by atoms with E-state index in [-0.39, 0.29) is 26.1 Å². The predicted molar refractivity (Wildman–Crippen MR) is 196 cm³/mol. The maximum Gasteiger partial charge on any atom is 0.472 e. The van der Waals surface area contributed by atoms with Crippen LogP contribution < -0.4 is 11.2 Å². The molecule has 0 radical (unpaired) electrons. The van der Waals surface area contributed by atoms with Crippen molar-refractivity contribution in [3.05, 3.63) is 43.0 Å². The molecular weight excluding hydrogens is 720 g/mol. The van der Waals surface area contributed by atoms with Gasteiger partial charge in [-0.1, -0.05) is 108 Å². The highest BCUT2D eigenvalue weighted by Crippen LogP contribution is 2.48. The normalized spacial score (nSPS) is 20.2. The zero-order valence-corrected chi connectivity index (χ0v) is 32.4. The first-order chi connectivity index (χ1) is 24.8. The molecule has 298 valence electrons. The van der Waals surface area contributed by atoms with Gasteiger partial charge in [-0.2, -0.15) is 0 Å². The van der Waals surface area contributed by atoms with E-state index in [1.165, 1.54) is 94.7 Å². The van der Waals surface area contributed by atoms with Crippen LogP contribution in [0.4, 0.5) is 4.79 Å². The van der Waals surface area contributed by atoms with Crippen LogP contribution in [0.3, 0.4) is 0 Å². The number of carboxylic acid groups (broad SMARTS) is 1. The number of hydrogen-bond acceptors (Lipinski definition) is 10. The van der Waals surface area contributed by atoms with Gasteiger partial charge in [-0.15, -0.1) is 0 Å². The van der Waals surface area contributed by atoms with Gasteiger partial charge in [0.25, 0.3) is 5.56 Å². The highest BCUT2D eigenvalue weighted by Gasteiger charge is 2.39. The lowest BCUT2D eigenvalue weighted by Gasteiger charge is -2.23. The molecule has 1 aliphatic rings. The number of H-pyrrole nitrogens is 1. The van der Waals surface area contributed by atoms with Crippen molar-refractivity contribution in [2.75, 3.05) is 26.4 Å². The lowest BCUT2D eigenvalue weighted by molar-refractivity contribution is -0.000148. The number of azide groups is 1. The van der Waals surface area contributed by atoms with E-state index in [1.807, 2.05) is 0 Å². The third kappa shape index (κ3) is 18.1. The van der Waals surface area contributed by atoms with Crippen molar-refractivity contribution in [1.82, 2.24) is 9.55 Å². The fourth-order valence-electron chi connectivity index (χ4n) is 6.27. The first kappa shape index (κ1) is 45.8. The molecule has 0 bridgehead atoms. The molecule has 52 heavy (non-hydrogen) atoms. The van der Waals surface area contributed by atoms with E-state index < -0.39 is 69.7 Å². The van der Waals surface area contributed by atoms with Gasteiger partial charge >= 0.3 is 26.8 Å². The minimum absolute atomic E-state index is 0.199. The molecule has 0 amide bonds. The molecule has 1 aliphatic carbocycles. The monoisotopic (exact) mass is 779 g/mol. The highest BCUT2D eigenvalue weighted by molar-refractivity contribution is 7.70. The Balaban J connectivity index is 1.77. The van der Waals surface area contributed by atoms with Crippen LogP contribution in [0.5, 0.6) is 0 Å². The summed E-state index contributed by atoms with van der Waals surface area (Å²) in [6.07, 6.45) is 19.8. The van der Waals surface area contributed by atoms with Crippen molar-refractivity contribution in [3.8, 4) is 0 Å². The molecule has 4 N–H and O–H groups in total. The van der Waals surface area contributed by atoms with Crippen molar-refractivity contribution >= 4 is 21.1 Å². The molecule has 0 saturated heterocycles. The van der Waals surface area contributed by atoms with Gasteiger partial charge in [0.1, 0.15) is 6.10 Å². The molecule has 1 fully saturated rings. The highest BCUT2D eigenvalue weighted by atomic mass is 31.2. The number of hydrogen-bond donors (Lipinski definition) is 4. The zero-order valence-electron chi connectivity index (χ0n) is 30.6. The van der Waals surface area contributed by atoms with Crippen molar-refractivity contribution < 1.29 is 47.1 Å². The second-order valence-electron chi connectivity index (χ2n) is 13.6. The minimum atomic E-state index is -5.09. The number of phosphoric acid groups is 1. The molecule has 1 aromatic rings. The number of rotatable bonds is 30. The van der Waals surface area contributed by atoms with Gasteiger partial charge in [0.05, 0.1) is 19.8 Å². The zero-order chi connectivity index (χ0) is 38.4. The van der Waals surface area contributed by atoms with Crippen LogP contribution in [-0.4, -0.2) is 68.7 Å². The Labute approximate surface area is 305 Å². The lowest BCUT2D eigenvalue weighted by atomic mass is 10.0. The summed E-state index contributed by atoms with van der Waals surface area (Å²) in [6.45, 7) is 2.41. The number of aryl methyl sites for hydroxylation is 1. The largest absolute Gasteiger partial charge is 0.472 e. The fourth-order valence-corrected chi connectivity index (χ4v) is 7.69. The SMILES string of the molecule is CCCCCCCCCCCCCCCCCCOCC(COP(=O)(O)C(=O)O)OP(=O)(O)OC[C@H]1C[C@@H](n2cc(C)c(=O)[nH]c2=O)C[C@@H]1N=[N+]=[N-]. The van der Waals surface area contributed by atoms with Crippen LogP contribution in [0.15, 0.2) is 20.9 Å². The summed E-state index contributed by atoms with van der Waals surface area (Å²) in [6, 6.07) is -1.22. The van der Waals surface area contributed by atoms with Crippen molar-refractivity contribution in [2.45, 2.75) is 148 Å². The van der Waals surface area contributed by atoms with Gasteiger partial charge < -0.3 is 19.6 Å². The molecule has 0 aliphatic heterocycles. The molecule has 1 aromatic heterocycles. The van der Waals surface area contributed by atoms with Crippen molar-refractivity contribution in [1.29, 1.82) is 0 Å². The molecule has 1 saturated carbocycles. The van der Waals surface area contributed by atoms with E-state index in [1.54, 1.807) is 0 Å². The van der Waals surface area contributed by atoms with Gasteiger partial charge in [0, 0.05) is 35.4 Å². The second-order valence-corrected chi connectivity index (χ2v) is 16.7. The van der Waals surface area contributed by atoms with E-state index in [4.69, 9.17) is 24.4 Å². The van der Waals surface area contributed by atoms with Gasteiger partial charge in [-0.25, -0.2) is 18.7 Å². The third-order valence-electron chi connectivity index (χ3n) is 9.23. The summed E-state index contributed by atoms with van der Waals surface area (Å²) in [7, 11) is -9.98. The molecule has 17 nitrogen and oxygen atoms in total. The van der Waals surface area contributed by atoms with E-state index in [0.717, 1.165) is 19.3 Å². The van der Waals surface area contributed by atoms with Crippen LogP contribution in [0.2, 0.25) is 0 Å². The van der Waals surface area contributed by atoms with Crippen LogP contribution in [0.25, 0.3) is 10.4 Å². The molecule has 0 spiro atoms. The molecule has 0 aromatic carbocycles. The molecular formula is C33H59N5O12P2. The summed E-state index contributed by atoms with van der Waals surface area (Å²) in [5.74, 6) is -0.616. The summed E-state index contributed by atoms with van der Waals surface area (Å²) in [5.41, 5.74) is 6.08. The number of nitrogens with one attached hydrogen (secondary N) is 1. The quantitative estimate of drug-likeness (QED) is 0.0190. The van der Waals surface area contributed by atoms with Gasteiger partial charge in [0.15, 0.2) is 0 Å². The molecule has 6 atom stereocenters. The van der Waals surface area contributed by atoms with Crippen molar-refractivity contribution in [2.24, 2.45) is 11.0 Å². The maximum absolute atomic E-state index is 12.9. The van der Waals surface area contributed by atoms with Crippen molar-refractivity contribution in [3.63, 3.8) is 0 Å². The van der Waals surface area contributed by atoms with Crippen LogP contribution >= 0.6 is 15.4 Å². The first-order valence-electron chi connectivity index (χ1n) is 18.6. The number of unbranched alkanes of at least 4 members (excludes halogenated alkanes) is 15. The van der Waals surface area contributed by atoms with Gasteiger partial charge in [-0.3, -0.25) is 27.9 Å². The van der Waals surface area contributed by atoms with E-state index >= 15 is 0 Å². The third-order valence-corrected chi connectivity index (χ3v) is 11.3. The van der Waals surface area contributed by atoms with Gasteiger partial charge in [0.2, 0.25) is 0 Å². The number of nitrogens with zero attached hydrogens (tertiary/aromatic N) is 4. The van der Waals surface area contributed by atoms with Crippen LogP contribution in [0.1, 0.15) is 134 Å². The maximum atomic E-state index is 12.9. The molecule has 2 rings (SSSR count). The number of carbonyl (C=O) groups is 1. The number of phosphoric ester groups is 1. The Morgan fingerprint density at radius 3 is 2.04 bits per heavy atom. The minimum Gasteiger partial charge on any atom is -0.472 e. The second kappa shape index (κ2) is 24.9. The Morgan fingerprint density at radius 2 is 1.50 bits per heavy atom. The lowest BCUT2D eigenvalue weighted by Crippen LogP contribution is -2.32. The average Bonchev–Trinajstić information content (AvgIpc) is 3.49. The molecule has 1 heterocycles. The topological polar surface area (TPSA) is 252 Å². The van der Waals surface area contributed by atoms with E-state index in [9.17, 15) is 33.3 Å². The average molecular weight is 780 g/mol. The Hall–Kier alpha value is -2.32. The summed E-state index contributed by atoms with van der Waals surface area (Å²) in [5, 5.41) is 12.7. The smallest absolute Gasteiger partial charge is 0.472 e. The summed E-state index contributed by atoms with van der Waals surface area (Å²) < 4.78 is 46.6. The predicted octanol–water partition coefficient (Wildman–Crippen LogP) is 8.14. The number of aromatic amines is 1. The first-order valence-corrected chi connectivity index (χ1v) is 21.7. The Bertz CT molecular complexity index is 1470. The van der Waals surface area contributed by atoms with E-state index in [2.05, 4.69) is 26.5 Å². The molecule has 19 heteroatoms. The summed E-state index contributed by atoms with van der Waals surface area (Å²) in [4.78, 5) is 60.4. The number of aromatic nitrogens is 2. The molecule has 3 unspecified atom stereocenters. The standard InChI is InChI=1S/C33H59N5O12P2/c1-3-4-5-6-7-8-9-10-11-12-13-14-15-16-17-18-19-47-24-29(25-48-51(43,44)33(41)42)50-52(45,46)49-23-27-20-28(21-30(27)36-37-34)38-22-26(2)31(39)35-32(38)40/h22,27-30H,3-21,23-25H2,1-2H3,(H,41,42)(H,43,44)(H,45,46)(H,35,39,40)/t27-,28-,29?,30+/m1/s1. The van der Waals surface area contributed by atoms with Crippen LogP contribution in [0, 0.1) is 12.8 Å². The van der Waals surface area contributed by atoms with Crippen LogP contribution in [-0.2, 0) is 27.4 Å². The van der Waals surface area contributed by atoms with Gasteiger partial charge in [-0.05, 0) is 37.6 Å². The number of ether oxygens (including phenoxy) is 1.